The summed E-state index contributed by atoms with van der Waals surface area (Å²) in [6.45, 7) is 9.30. The van der Waals surface area contributed by atoms with Crippen LogP contribution in [0.3, 0.4) is 0 Å². The lowest BCUT2D eigenvalue weighted by Gasteiger charge is -2.32. The minimum atomic E-state index is 0.638. The predicted molar refractivity (Wildman–Crippen MR) is 131 cm³/mol. The van der Waals surface area contributed by atoms with Gasteiger partial charge in [0.15, 0.2) is 0 Å². The predicted octanol–water partition coefficient (Wildman–Crippen LogP) is 8.87. The summed E-state index contributed by atoms with van der Waals surface area (Å²) >= 11 is 0. The zero-order chi connectivity index (χ0) is 21.0. The zero-order valence-electron chi connectivity index (χ0n) is 20.5. The number of hydrogen-bond donors (Lipinski definition) is 0. The molecule has 29 heavy (non-hydrogen) atoms. The lowest BCUT2D eigenvalue weighted by atomic mass is 10.1. The fourth-order valence-electron chi connectivity index (χ4n) is 4.67. The van der Waals surface area contributed by atoms with Crippen molar-refractivity contribution >= 4 is 0 Å². The first-order valence-electron chi connectivity index (χ1n) is 13.5. The first kappa shape index (κ1) is 26.4. The molecule has 0 N–H and O–H groups in total. The van der Waals surface area contributed by atoms with Crippen LogP contribution in [-0.4, -0.2) is 29.1 Å². The third-order valence-electron chi connectivity index (χ3n) is 6.67. The van der Waals surface area contributed by atoms with Crippen molar-refractivity contribution in [1.82, 2.24) is 9.80 Å². The van der Waals surface area contributed by atoms with Gasteiger partial charge in [-0.25, -0.2) is 0 Å². The Hall–Kier alpha value is -0.660. The molecule has 0 radical (unpaired) electrons. The van der Waals surface area contributed by atoms with E-state index in [9.17, 15) is 0 Å². The second-order valence-electron chi connectivity index (χ2n) is 9.29. The molecule has 0 saturated carbocycles. The van der Waals surface area contributed by atoms with Gasteiger partial charge in [0.05, 0.1) is 0 Å². The van der Waals surface area contributed by atoms with Crippen LogP contribution in [0.5, 0.6) is 0 Å². The van der Waals surface area contributed by atoms with E-state index in [1.54, 1.807) is 0 Å². The highest BCUT2D eigenvalue weighted by Gasteiger charge is 2.23. The van der Waals surface area contributed by atoms with E-state index in [0.29, 0.717) is 6.17 Å². The van der Waals surface area contributed by atoms with E-state index in [1.165, 1.54) is 129 Å². The minimum Gasteiger partial charge on any atom is -0.356 e. The van der Waals surface area contributed by atoms with E-state index in [0.717, 1.165) is 6.54 Å². The Morgan fingerprint density at radius 3 is 1.38 bits per heavy atom. The van der Waals surface area contributed by atoms with E-state index in [-0.39, 0.29) is 0 Å². The highest BCUT2D eigenvalue weighted by Crippen LogP contribution is 2.22. The summed E-state index contributed by atoms with van der Waals surface area (Å²) < 4.78 is 0. The minimum absolute atomic E-state index is 0.638. The molecule has 0 bridgehead atoms. The van der Waals surface area contributed by atoms with Gasteiger partial charge in [-0.3, -0.25) is 0 Å². The van der Waals surface area contributed by atoms with Crippen LogP contribution in [0.15, 0.2) is 12.4 Å². The van der Waals surface area contributed by atoms with Gasteiger partial charge in [0, 0.05) is 25.5 Å². The number of hydrogen-bond acceptors (Lipinski definition) is 2. The summed E-state index contributed by atoms with van der Waals surface area (Å²) in [7, 11) is 0. The summed E-state index contributed by atoms with van der Waals surface area (Å²) in [5.74, 6) is 0. The molecule has 0 aromatic carbocycles. The molecule has 0 aromatic heterocycles. The summed E-state index contributed by atoms with van der Waals surface area (Å²) in [4.78, 5) is 5.19. The standard InChI is InChI=1S/C27H54N2/c1-4-7-9-11-13-15-17-19-21-23-27-28(6-3)25-26-29(27)24-22-20-18-16-14-12-10-8-5-2/h25-27H,4-24H2,1-3H3. The van der Waals surface area contributed by atoms with Crippen LogP contribution in [0.25, 0.3) is 0 Å². The van der Waals surface area contributed by atoms with E-state index in [1.807, 2.05) is 0 Å². The number of rotatable bonds is 21. The molecule has 2 heteroatoms. The lowest BCUT2D eigenvalue weighted by Crippen LogP contribution is -2.38. The molecule has 1 heterocycles. The summed E-state index contributed by atoms with van der Waals surface area (Å²) in [5, 5.41) is 0. The van der Waals surface area contributed by atoms with E-state index in [2.05, 4.69) is 43.0 Å². The van der Waals surface area contributed by atoms with Crippen LogP contribution < -0.4 is 0 Å². The first-order valence-corrected chi connectivity index (χ1v) is 13.5. The Morgan fingerprint density at radius 2 is 0.897 bits per heavy atom. The van der Waals surface area contributed by atoms with E-state index in [4.69, 9.17) is 0 Å². The molecule has 1 aliphatic heterocycles. The van der Waals surface area contributed by atoms with Gasteiger partial charge in [-0.05, 0) is 26.2 Å². The molecule has 0 spiro atoms. The van der Waals surface area contributed by atoms with Gasteiger partial charge in [-0.2, -0.15) is 0 Å². The largest absolute Gasteiger partial charge is 0.356 e. The van der Waals surface area contributed by atoms with Crippen LogP contribution in [0, 0.1) is 0 Å². The van der Waals surface area contributed by atoms with Crippen LogP contribution >= 0.6 is 0 Å². The Kier molecular flexibility index (Phi) is 17.6. The molecule has 1 atom stereocenters. The SMILES string of the molecule is CCCCCCCCCCCC1N(CC)C=CN1CCCCCCCCCCC. The maximum Gasteiger partial charge on any atom is 0.101 e. The first-order chi connectivity index (χ1) is 14.3. The van der Waals surface area contributed by atoms with Gasteiger partial charge in [0.25, 0.3) is 0 Å². The Labute approximate surface area is 184 Å². The molecule has 0 fully saturated rings. The van der Waals surface area contributed by atoms with Crippen LogP contribution in [0.2, 0.25) is 0 Å². The van der Waals surface area contributed by atoms with Crippen LogP contribution in [-0.2, 0) is 0 Å². The van der Waals surface area contributed by atoms with Crippen molar-refractivity contribution in [3.05, 3.63) is 12.4 Å². The third-order valence-corrected chi connectivity index (χ3v) is 6.67. The topological polar surface area (TPSA) is 6.48 Å². The molecule has 1 unspecified atom stereocenters. The number of unbranched alkanes of at least 4 members (excludes halogenated alkanes) is 16. The van der Waals surface area contributed by atoms with Gasteiger partial charge in [0.1, 0.15) is 6.17 Å². The van der Waals surface area contributed by atoms with Crippen molar-refractivity contribution in [2.75, 3.05) is 13.1 Å². The molecule has 0 saturated heterocycles. The fraction of sp³-hybridized carbons (Fsp3) is 0.926. The van der Waals surface area contributed by atoms with Gasteiger partial charge in [-0.1, -0.05) is 117 Å². The average molecular weight is 407 g/mol. The van der Waals surface area contributed by atoms with Crippen molar-refractivity contribution in [2.45, 2.75) is 149 Å². The maximum absolute atomic E-state index is 2.63. The van der Waals surface area contributed by atoms with Crippen LogP contribution in [0.4, 0.5) is 0 Å². The highest BCUT2D eigenvalue weighted by atomic mass is 15.4. The third kappa shape index (κ3) is 13.3. The van der Waals surface area contributed by atoms with Crippen molar-refractivity contribution in [3.63, 3.8) is 0 Å². The van der Waals surface area contributed by atoms with E-state index >= 15 is 0 Å². The van der Waals surface area contributed by atoms with Crippen molar-refractivity contribution in [3.8, 4) is 0 Å². The number of nitrogens with zero attached hydrogens (tertiary/aromatic N) is 2. The molecule has 1 aliphatic rings. The van der Waals surface area contributed by atoms with Gasteiger partial charge >= 0.3 is 0 Å². The smallest absolute Gasteiger partial charge is 0.101 e. The molecule has 0 amide bonds. The summed E-state index contributed by atoms with van der Waals surface area (Å²) in [5.41, 5.74) is 0. The molecular formula is C27H54N2. The van der Waals surface area contributed by atoms with Crippen molar-refractivity contribution in [2.24, 2.45) is 0 Å². The average Bonchev–Trinajstić information content (AvgIpc) is 3.13. The Bertz CT molecular complexity index is 366. The normalized spacial score (nSPS) is 16.3. The van der Waals surface area contributed by atoms with Gasteiger partial charge in [-0.15, -0.1) is 0 Å². The second kappa shape index (κ2) is 19.3. The summed E-state index contributed by atoms with van der Waals surface area (Å²) in [6, 6.07) is 0. The summed E-state index contributed by atoms with van der Waals surface area (Å²) in [6.07, 6.45) is 32.3. The molecule has 0 aromatic rings. The Balaban J connectivity index is 2.06. The molecule has 0 aliphatic carbocycles. The molecule has 2 nitrogen and oxygen atoms in total. The monoisotopic (exact) mass is 406 g/mol. The van der Waals surface area contributed by atoms with Crippen molar-refractivity contribution < 1.29 is 0 Å². The second-order valence-corrected chi connectivity index (χ2v) is 9.29. The van der Waals surface area contributed by atoms with Crippen molar-refractivity contribution in [1.29, 1.82) is 0 Å². The fourth-order valence-corrected chi connectivity index (χ4v) is 4.67. The van der Waals surface area contributed by atoms with Gasteiger partial charge in [0.2, 0.25) is 0 Å². The molecular weight excluding hydrogens is 352 g/mol. The Morgan fingerprint density at radius 1 is 0.483 bits per heavy atom. The molecule has 1 rings (SSSR count). The van der Waals surface area contributed by atoms with Crippen LogP contribution in [0.1, 0.15) is 143 Å². The maximum atomic E-state index is 2.63. The quantitative estimate of drug-likeness (QED) is 0.176. The highest BCUT2D eigenvalue weighted by molar-refractivity contribution is 4.96. The van der Waals surface area contributed by atoms with E-state index < -0.39 is 0 Å². The lowest BCUT2D eigenvalue weighted by molar-refractivity contribution is 0.142. The molecule has 172 valence electrons. The zero-order valence-corrected chi connectivity index (χ0v) is 20.5. The van der Waals surface area contributed by atoms with Gasteiger partial charge < -0.3 is 9.80 Å².